The second-order valence-corrected chi connectivity index (χ2v) is 5.11. The monoisotopic (exact) mass is 220 g/mol. The maximum atomic E-state index is 12.2. The first kappa shape index (κ1) is 9.94. The molecule has 0 atom stereocenters. The molecular weight excluding hydrogens is 204 g/mol. The lowest BCUT2D eigenvalue weighted by molar-refractivity contribution is -0.152. The standard InChI is InChI=1S/C13H16O3/c14-12(16-11-4-8-15-9-11)13-5-1-10(2-6-13)3-7-13/h4,8-10H,1-3,5-7H2. The molecule has 0 aliphatic heterocycles. The van der Waals surface area contributed by atoms with Gasteiger partial charge in [-0.3, -0.25) is 4.79 Å². The molecule has 4 rings (SSSR count). The Hall–Kier alpha value is -1.25. The maximum Gasteiger partial charge on any atom is 0.317 e. The Morgan fingerprint density at radius 1 is 1.31 bits per heavy atom. The van der Waals surface area contributed by atoms with E-state index in [9.17, 15) is 4.79 Å². The number of rotatable bonds is 2. The Balaban J connectivity index is 1.74. The molecule has 0 radical (unpaired) electrons. The van der Waals surface area contributed by atoms with Crippen molar-refractivity contribution in [2.75, 3.05) is 0 Å². The molecule has 0 unspecified atom stereocenters. The van der Waals surface area contributed by atoms with Crippen LogP contribution in [0.5, 0.6) is 5.75 Å². The summed E-state index contributed by atoms with van der Waals surface area (Å²) in [4.78, 5) is 12.2. The van der Waals surface area contributed by atoms with E-state index in [0.717, 1.165) is 25.2 Å². The molecule has 16 heavy (non-hydrogen) atoms. The zero-order valence-corrected chi connectivity index (χ0v) is 9.28. The highest BCUT2D eigenvalue weighted by Gasteiger charge is 2.47. The van der Waals surface area contributed by atoms with Crippen molar-refractivity contribution in [2.45, 2.75) is 38.5 Å². The van der Waals surface area contributed by atoms with E-state index in [-0.39, 0.29) is 11.4 Å². The number of fused-ring (bicyclic) bond motifs is 3. The molecule has 0 amide bonds. The summed E-state index contributed by atoms with van der Waals surface area (Å²) < 4.78 is 10.3. The third kappa shape index (κ3) is 1.55. The lowest BCUT2D eigenvalue weighted by Gasteiger charge is -2.44. The lowest BCUT2D eigenvalue weighted by Crippen LogP contribution is -2.42. The molecule has 3 saturated carbocycles. The Morgan fingerprint density at radius 3 is 2.56 bits per heavy atom. The number of furan rings is 1. The van der Waals surface area contributed by atoms with Crippen LogP contribution in [-0.4, -0.2) is 5.97 Å². The average molecular weight is 220 g/mol. The maximum absolute atomic E-state index is 12.2. The van der Waals surface area contributed by atoms with E-state index >= 15 is 0 Å². The van der Waals surface area contributed by atoms with Gasteiger partial charge in [-0.05, 0) is 44.4 Å². The van der Waals surface area contributed by atoms with Gasteiger partial charge >= 0.3 is 5.97 Å². The minimum absolute atomic E-state index is 0.0490. The van der Waals surface area contributed by atoms with Gasteiger partial charge in [0.05, 0.1) is 11.7 Å². The first-order chi connectivity index (χ1) is 7.78. The molecule has 3 nitrogen and oxygen atoms in total. The van der Waals surface area contributed by atoms with Crippen molar-refractivity contribution in [3.8, 4) is 5.75 Å². The largest absolute Gasteiger partial charge is 0.469 e. The molecule has 0 aromatic carbocycles. The highest BCUT2D eigenvalue weighted by atomic mass is 16.5. The molecule has 3 aliphatic carbocycles. The zero-order chi connectivity index (χ0) is 11.0. The minimum Gasteiger partial charge on any atom is -0.469 e. The van der Waals surface area contributed by atoms with E-state index in [1.165, 1.54) is 31.8 Å². The van der Waals surface area contributed by atoms with Gasteiger partial charge in [-0.1, -0.05) is 0 Å². The van der Waals surface area contributed by atoms with Crippen LogP contribution in [0.1, 0.15) is 38.5 Å². The zero-order valence-electron chi connectivity index (χ0n) is 9.28. The van der Waals surface area contributed by atoms with Crippen molar-refractivity contribution >= 4 is 5.97 Å². The Morgan fingerprint density at radius 2 is 2.00 bits per heavy atom. The van der Waals surface area contributed by atoms with Crippen molar-refractivity contribution in [3.63, 3.8) is 0 Å². The van der Waals surface area contributed by atoms with Gasteiger partial charge in [-0.2, -0.15) is 0 Å². The van der Waals surface area contributed by atoms with Crippen LogP contribution in [0.15, 0.2) is 23.0 Å². The van der Waals surface area contributed by atoms with Crippen LogP contribution in [0.3, 0.4) is 0 Å². The normalized spacial score (nSPS) is 32.6. The minimum atomic E-state index is -0.188. The van der Waals surface area contributed by atoms with Crippen LogP contribution in [0, 0.1) is 11.3 Å². The molecule has 0 spiro atoms. The van der Waals surface area contributed by atoms with Crippen molar-refractivity contribution < 1.29 is 13.9 Å². The van der Waals surface area contributed by atoms with Gasteiger partial charge in [-0.25, -0.2) is 0 Å². The summed E-state index contributed by atoms with van der Waals surface area (Å²) in [5, 5.41) is 0. The number of carbonyl (C=O) groups is 1. The molecular formula is C13H16O3. The first-order valence-corrected chi connectivity index (χ1v) is 6.03. The summed E-state index contributed by atoms with van der Waals surface area (Å²) in [7, 11) is 0. The molecule has 1 aromatic heterocycles. The molecule has 0 saturated heterocycles. The van der Waals surface area contributed by atoms with Gasteiger partial charge in [0.2, 0.25) is 0 Å². The second-order valence-electron chi connectivity index (χ2n) is 5.11. The van der Waals surface area contributed by atoms with Crippen molar-refractivity contribution in [3.05, 3.63) is 18.6 Å². The number of esters is 1. The predicted molar refractivity (Wildman–Crippen MR) is 58.0 cm³/mol. The lowest BCUT2D eigenvalue weighted by atomic mass is 9.61. The van der Waals surface area contributed by atoms with Gasteiger partial charge in [-0.15, -0.1) is 0 Å². The van der Waals surface area contributed by atoms with E-state index in [0.29, 0.717) is 5.75 Å². The van der Waals surface area contributed by atoms with E-state index in [1.807, 2.05) is 0 Å². The topological polar surface area (TPSA) is 39.4 Å². The molecule has 0 N–H and O–H groups in total. The molecule has 2 bridgehead atoms. The predicted octanol–water partition coefficient (Wildman–Crippen LogP) is 3.16. The van der Waals surface area contributed by atoms with Crippen LogP contribution in [-0.2, 0) is 4.79 Å². The number of carbonyl (C=O) groups excluding carboxylic acids is 1. The molecule has 3 aliphatic rings. The molecule has 3 fully saturated rings. The van der Waals surface area contributed by atoms with Crippen molar-refractivity contribution in [2.24, 2.45) is 11.3 Å². The third-order valence-electron chi connectivity index (χ3n) is 4.23. The van der Waals surface area contributed by atoms with Crippen molar-refractivity contribution in [1.82, 2.24) is 0 Å². The number of hydrogen-bond acceptors (Lipinski definition) is 3. The van der Waals surface area contributed by atoms with Crippen LogP contribution in [0.2, 0.25) is 0 Å². The fraction of sp³-hybridized carbons (Fsp3) is 0.615. The summed E-state index contributed by atoms with van der Waals surface area (Å²) in [6.45, 7) is 0. The Bertz CT molecular complexity index is 358. The second kappa shape index (κ2) is 3.65. The quantitative estimate of drug-likeness (QED) is 0.719. The Kier molecular flexibility index (Phi) is 2.27. The van der Waals surface area contributed by atoms with E-state index in [1.54, 1.807) is 6.07 Å². The van der Waals surface area contributed by atoms with Crippen LogP contribution in [0.25, 0.3) is 0 Å². The summed E-state index contributed by atoms with van der Waals surface area (Å²) >= 11 is 0. The van der Waals surface area contributed by atoms with Gasteiger partial charge in [0.1, 0.15) is 6.26 Å². The first-order valence-electron chi connectivity index (χ1n) is 6.03. The van der Waals surface area contributed by atoms with E-state index in [2.05, 4.69) is 0 Å². The summed E-state index contributed by atoms with van der Waals surface area (Å²) in [6, 6.07) is 1.68. The van der Waals surface area contributed by atoms with Gasteiger partial charge in [0.25, 0.3) is 0 Å². The molecule has 3 heteroatoms. The molecule has 1 aromatic rings. The summed E-state index contributed by atoms with van der Waals surface area (Å²) in [5.74, 6) is 1.35. The van der Waals surface area contributed by atoms with E-state index in [4.69, 9.17) is 9.15 Å². The number of hydrogen-bond donors (Lipinski definition) is 0. The molecule has 86 valence electrons. The fourth-order valence-corrected chi connectivity index (χ4v) is 3.08. The summed E-state index contributed by atoms with van der Waals surface area (Å²) in [5.41, 5.74) is -0.188. The highest BCUT2D eigenvalue weighted by Crippen LogP contribution is 2.50. The van der Waals surface area contributed by atoms with Gasteiger partial charge in [0.15, 0.2) is 5.75 Å². The van der Waals surface area contributed by atoms with Crippen LogP contribution < -0.4 is 4.74 Å². The number of ether oxygens (including phenoxy) is 1. The highest BCUT2D eigenvalue weighted by molar-refractivity contribution is 5.79. The fourth-order valence-electron chi connectivity index (χ4n) is 3.08. The van der Waals surface area contributed by atoms with Crippen LogP contribution in [0.4, 0.5) is 0 Å². The smallest absolute Gasteiger partial charge is 0.317 e. The van der Waals surface area contributed by atoms with E-state index < -0.39 is 0 Å². The Labute approximate surface area is 94.8 Å². The average Bonchev–Trinajstić information content (AvgIpc) is 2.84. The SMILES string of the molecule is O=C(Oc1ccoc1)C12CCC(CC1)CC2. The molecule has 1 heterocycles. The van der Waals surface area contributed by atoms with Crippen molar-refractivity contribution in [1.29, 1.82) is 0 Å². The van der Waals surface area contributed by atoms with Gasteiger partial charge in [0, 0.05) is 6.07 Å². The summed E-state index contributed by atoms with van der Waals surface area (Å²) in [6.07, 6.45) is 9.61. The third-order valence-corrected chi connectivity index (χ3v) is 4.23. The van der Waals surface area contributed by atoms with Gasteiger partial charge < -0.3 is 9.15 Å². The van der Waals surface area contributed by atoms with Crippen LogP contribution >= 0.6 is 0 Å².